The summed E-state index contributed by atoms with van der Waals surface area (Å²) in [4.78, 5) is 23.0. The summed E-state index contributed by atoms with van der Waals surface area (Å²) >= 11 is 5.97. The molecule has 0 aliphatic rings. The van der Waals surface area contributed by atoms with E-state index in [4.69, 9.17) is 21.4 Å². The molecular weight excluding hydrogens is 258 g/mol. The van der Waals surface area contributed by atoms with Gasteiger partial charge in [0, 0.05) is 13.2 Å². The van der Waals surface area contributed by atoms with Crippen molar-refractivity contribution in [3.05, 3.63) is 39.1 Å². The maximum atomic E-state index is 12.0. The summed E-state index contributed by atoms with van der Waals surface area (Å²) in [7, 11) is 3.08. The van der Waals surface area contributed by atoms with Gasteiger partial charge in [0.1, 0.15) is 11.3 Å². The molecule has 0 radical (unpaired) electrons. The van der Waals surface area contributed by atoms with Gasteiger partial charge in [-0.15, -0.1) is 0 Å². The van der Waals surface area contributed by atoms with Crippen LogP contribution in [0.2, 0.25) is 5.02 Å². The van der Waals surface area contributed by atoms with Gasteiger partial charge >= 0.3 is 5.97 Å². The molecule has 2 rings (SSSR count). The zero-order valence-electron chi connectivity index (χ0n) is 9.73. The molecule has 0 unspecified atom stereocenters. The Hall–Kier alpha value is -2.01. The largest absolute Gasteiger partial charge is 0.495 e. The van der Waals surface area contributed by atoms with E-state index < -0.39 is 11.4 Å². The number of aromatic carboxylic acids is 1. The van der Waals surface area contributed by atoms with Crippen LogP contribution in [-0.4, -0.2) is 22.8 Å². The number of nitrogens with zero attached hydrogens (tertiary/aromatic N) is 1. The van der Waals surface area contributed by atoms with Gasteiger partial charge in [-0.25, -0.2) is 4.79 Å². The molecule has 0 aliphatic heterocycles. The number of carbonyl (C=O) groups is 1. The van der Waals surface area contributed by atoms with Crippen LogP contribution in [0, 0.1) is 0 Å². The molecule has 1 aromatic heterocycles. The van der Waals surface area contributed by atoms with E-state index in [0.29, 0.717) is 16.3 Å². The number of carboxylic acids is 1. The molecule has 0 spiro atoms. The highest BCUT2D eigenvalue weighted by atomic mass is 35.5. The van der Waals surface area contributed by atoms with Crippen molar-refractivity contribution in [3.63, 3.8) is 0 Å². The molecule has 0 aliphatic carbocycles. The summed E-state index contributed by atoms with van der Waals surface area (Å²) in [6, 6.07) is 3.02. The standard InChI is InChI=1S/C12H10ClNO4/c1-14-5-7(12(16)17)11(15)6-3-10(18-2)8(13)4-9(6)14/h3-5H,1-2H3,(H,16,17). The molecule has 0 atom stereocenters. The highest BCUT2D eigenvalue weighted by Crippen LogP contribution is 2.28. The Morgan fingerprint density at radius 2 is 2.11 bits per heavy atom. The van der Waals surface area contributed by atoms with Crippen LogP contribution < -0.4 is 10.2 Å². The minimum absolute atomic E-state index is 0.263. The Bertz CT molecular complexity index is 705. The van der Waals surface area contributed by atoms with E-state index in [-0.39, 0.29) is 10.9 Å². The van der Waals surface area contributed by atoms with Crippen molar-refractivity contribution < 1.29 is 14.6 Å². The number of pyridine rings is 1. The molecule has 5 nitrogen and oxygen atoms in total. The lowest BCUT2D eigenvalue weighted by atomic mass is 10.1. The lowest BCUT2D eigenvalue weighted by Gasteiger charge is -2.09. The topological polar surface area (TPSA) is 68.5 Å². The summed E-state index contributed by atoms with van der Waals surface area (Å²) in [5.41, 5.74) is -0.282. The van der Waals surface area contributed by atoms with Crippen LogP contribution in [0.5, 0.6) is 5.75 Å². The van der Waals surface area contributed by atoms with Crippen molar-refractivity contribution in [1.82, 2.24) is 4.57 Å². The van der Waals surface area contributed by atoms with Gasteiger partial charge in [-0.05, 0) is 12.1 Å². The fraction of sp³-hybridized carbons (Fsp3) is 0.167. The number of methoxy groups -OCH3 is 1. The molecule has 0 saturated heterocycles. The van der Waals surface area contributed by atoms with Gasteiger partial charge in [-0.2, -0.15) is 0 Å². The molecule has 0 amide bonds. The first-order chi connectivity index (χ1) is 8.45. The zero-order chi connectivity index (χ0) is 13.4. The van der Waals surface area contributed by atoms with Crippen LogP contribution in [0.25, 0.3) is 10.9 Å². The number of aromatic nitrogens is 1. The monoisotopic (exact) mass is 267 g/mol. The molecule has 0 bridgehead atoms. The van der Waals surface area contributed by atoms with Gasteiger partial charge in [0.15, 0.2) is 0 Å². The van der Waals surface area contributed by atoms with Crippen molar-refractivity contribution in [2.75, 3.05) is 7.11 Å². The molecule has 1 N–H and O–H groups in total. The van der Waals surface area contributed by atoms with Crippen LogP contribution in [0.3, 0.4) is 0 Å². The normalized spacial score (nSPS) is 10.6. The second kappa shape index (κ2) is 4.34. The third kappa shape index (κ3) is 1.82. The molecule has 6 heteroatoms. The zero-order valence-corrected chi connectivity index (χ0v) is 10.5. The van der Waals surface area contributed by atoms with E-state index >= 15 is 0 Å². The fourth-order valence-corrected chi connectivity index (χ4v) is 2.03. The summed E-state index contributed by atoms with van der Waals surface area (Å²) in [5.74, 6) is -0.921. The Balaban J connectivity index is 2.95. The summed E-state index contributed by atoms with van der Waals surface area (Å²) in [6.45, 7) is 0. The predicted octanol–water partition coefficient (Wildman–Crippen LogP) is 1.90. The van der Waals surface area contributed by atoms with Crippen molar-refractivity contribution in [2.24, 2.45) is 7.05 Å². The van der Waals surface area contributed by atoms with E-state index in [0.717, 1.165) is 0 Å². The number of aryl methyl sites for hydroxylation is 1. The van der Waals surface area contributed by atoms with Crippen LogP contribution in [-0.2, 0) is 7.05 Å². The Morgan fingerprint density at radius 3 is 2.67 bits per heavy atom. The van der Waals surface area contributed by atoms with Gasteiger partial charge in [-0.1, -0.05) is 11.6 Å². The lowest BCUT2D eigenvalue weighted by Crippen LogP contribution is -2.17. The smallest absolute Gasteiger partial charge is 0.341 e. The van der Waals surface area contributed by atoms with E-state index in [1.807, 2.05) is 0 Å². The number of fused-ring (bicyclic) bond motifs is 1. The first-order valence-electron chi connectivity index (χ1n) is 5.06. The molecule has 18 heavy (non-hydrogen) atoms. The van der Waals surface area contributed by atoms with Gasteiger partial charge in [0.25, 0.3) is 0 Å². The molecule has 0 saturated carbocycles. The van der Waals surface area contributed by atoms with Gasteiger partial charge < -0.3 is 14.4 Å². The second-order valence-corrected chi connectivity index (χ2v) is 4.20. The van der Waals surface area contributed by atoms with Crippen molar-refractivity contribution in [3.8, 4) is 5.75 Å². The SMILES string of the molecule is COc1cc2c(=O)c(C(=O)O)cn(C)c2cc1Cl. The van der Waals surface area contributed by atoms with Crippen LogP contribution in [0.4, 0.5) is 0 Å². The average molecular weight is 268 g/mol. The van der Waals surface area contributed by atoms with E-state index in [9.17, 15) is 9.59 Å². The first kappa shape index (κ1) is 12.4. The Morgan fingerprint density at radius 1 is 1.44 bits per heavy atom. The van der Waals surface area contributed by atoms with Crippen LogP contribution in [0.15, 0.2) is 23.1 Å². The fourth-order valence-electron chi connectivity index (χ4n) is 1.79. The summed E-state index contributed by atoms with van der Waals surface area (Å²) in [6.07, 6.45) is 1.27. The molecule has 94 valence electrons. The average Bonchev–Trinajstić information content (AvgIpc) is 2.33. The third-order valence-electron chi connectivity index (χ3n) is 2.69. The number of hydrogen-bond donors (Lipinski definition) is 1. The quantitative estimate of drug-likeness (QED) is 0.902. The van der Waals surface area contributed by atoms with E-state index in [1.54, 1.807) is 17.7 Å². The molecule has 1 heterocycles. The van der Waals surface area contributed by atoms with Gasteiger partial charge in [0.05, 0.1) is 23.0 Å². The third-order valence-corrected chi connectivity index (χ3v) is 2.99. The second-order valence-electron chi connectivity index (χ2n) is 3.79. The maximum Gasteiger partial charge on any atom is 0.341 e. The van der Waals surface area contributed by atoms with Crippen LogP contribution in [0.1, 0.15) is 10.4 Å². The minimum Gasteiger partial charge on any atom is -0.495 e. The summed E-state index contributed by atoms with van der Waals surface area (Å²) < 4.78 is 6.57. The highest BCUT2D eigenvalue weighted by Gasteiger charge is 2.15. The molecule has 0 fully saturated rings. The maximum absolute atomic E-state index is 12.0. The van der Waals surface area contributed by atoms with Gasteiger partial charge in [-0.3, -0.25) is 4.79 Å². The predicted molar refractivity (Wildman–Crippen MR) is 67.7 cm³/mol. The molecule has 2 aromatic rings. The van der Waals surface area contributed by atoms with Crippen molar-refractivity contribution in [1.29, 1.82) is 0 Å². The van der Waals surface area contributed by atoms with Crippen molar-refractivity contribution in [2.45, 2.75) is 0 Å². The number of carboxylic acid groups (broad SMARTS) is 1. The number of rotatable bonds is 2. The Kier molecular flexibility index (Phi) is 3.00. The van der Waals surface area contributed by atoms with Crippen molar-refractivity contribution >= 4 is 28.5 Å². The van der Waals surface area contributed by atoms with E-state index in [1.165, 1.54) is 19.4 Å². The first-order valence-corrected chi connectivity index (χ1v) is 5.43. The molecular formula is C12H10ClNO4. The van der Waals surface area contributed by atoms with E-state index in [2.05, 4.69) is 0 Å². The number of hydrogen-bond acceptors (Lipinski definition) is 3. The number of ether oxygens (including phenoxy) is 1. The summed E-state index contributed by atoms with van der Waals surface area (Å²) in [5, 5.41) is 9.59. The van der Waals surface area contributed by atoms with Crippen LogP contribution >= 0.6 is 11.6 Å². The molecule has 1 aromatic carbocycles. The number of benzene rings is 1. The highest BCUT2D eigenvalue weighted by molar-refractivity contribution is 6.32. The lowest BCUT2D eigenvalue weighted by molar-refractivity contribution is 0.0695. The Labute approximate surface area is 107 Å². The van der Waals surface area contributed by atoms with Gasteiger partial charge in [0.2, 0.25) is 5.43 Å². The minimum atomic E-state index is -1.26. The number of halogens is 1.